The van der Waals surface area contributed by atoms with E-state index in [1.807, 2.05) is 0 Å². The first kappa shape index (κ1) is 6.76. The van der Waals surface area contributed by atoms with Gasteiger partial charge in [-0.3, -0.25) is 4.79 Å². The number of aliphatic carboxylic acids is 1. The lowest BCUT2D eigenvalue weighted by Crippen LogP contribution is -2.29. The number of aliphatic hydroxyl groups excluding tert-OH is 1. The third-order valence-corrected chi connectivity index (χ3v) is 1.08. The average molecular weight is 143 g/mol. The molecule has 0 aromatic rings. The van der Waals surface area contributed by atoms with Crippen LogP contribution in [0.5, 0.6) is 0 Å². The molecule has 1 rings (SSSR count). The van der Waals surface area contributed by atoms with E-state index in [2.05, 4.69) is 5.32 Å². The second kappa shape index (κ2) is 2.11. The molecule has 5 nitrogen and oxygen atoms in total. The number of carboxylic acids is 1. The van der Waals surface area contributed by atoms with Gasteiger partial charge < -0.3 is 15.5 Å². The number of aliphatic hydroxyl groups is 1. The molecule has 0 fully saturated rings. The highest BCUT2D eigenvalue weighted by atomic mass is 16.4. The maximum atomic E-state index is 10.4. The smallest absolute Gasteiger partial charge is 0.352 e. The molecule has 0 radical (unpaired) electrons. The van der Waals surface area contributed by atoms with Crippen LogP contribution in [0.2, 0.25) is 0 Å². The molecule has 54 valence electrons. The first-order chi connectivity index (χ1) is 4.61. The van der Waals surface area contributed by atoms with Gasteiger partial charge in [-0.25, -0.2) is 4.79 Å². The largest absolute Gasteiger partial charge is 0.477 e. The van der Waals surface area contributed by atoms with Crippen LogP contribution >= 0.6 is 0 Å². The van der Waals surface area contributed by atoms with Gasteiger partial charge in [0, 0.05) is 6.08 Å². The average Bonchev–Trinajstić information content (AvgIpc) is 2.13. The second-order valence-electron chi connectivity index (χ2n) is 1.81. The zero-order valence-electron chi connectivity index (χ0n) is 4.87. The number of carboxylic acid groups (broad SMARTS) is 1. The SMILES string of the molecule is O=C(O)C1=CC(=O)C(O)N1. The quantitative estimate of drug-likeness (QED) is 0.413. The number of carbonyl (C=O) groups excluding carboxylic acids is 1. The summed E-state index contributed by atoms with van der Waals surface area (Å²) in [4.78, 5) is 20.5. The van der Waals surface area contributed by atoms with Gasteiger partial charge in [0.2, 0.25) is 5.78 Å². The Hall–Kier alpha value is -1.36. The molecule has 0 saturated heterocycles. The summed E-state index contributed by atoms with van der Waals surface area (Å²) >= 11 is 0. The Morgan fingerprint density at radius 1 is 1.70 bits per heavy atom. The molecule has 1 atom stereocenters. The summed E-state index contributed by atoms with van der Waals surface area (Å²) in [6.45, 7) is 0. The minimum atomic E-state index is -1.38. The van der Waals surface area contributed by atoms with Gasteiger partial charge in [0.15, 0.2) is 6.23 Å². The standard InChI is InChI=1S/C5H5NO4/c7-3-1-2(5(9)10)6-4(3)8/h1,4,6,8H,(H,9,10). The molecular formula is C5H5NO4. The molecule has 1 unspecified atom stereocenters. The van der Waals surface area contributed by atoms with E-state index < -0.39 is 18.0 Å². The Labute approximate surface area is 56.0 Å². The van der Waals surface area contributed by atoms with E-state index in [0.29, 0.717) is 0 Å². The van der Waals surface area contributed by atoms with Crippen molar-refractivity contribution in [2.45, 2.75) is 6.23 Å². The number of ketones is 1. The van der Waals surface area contributed by atoms with E-state index in [1.165, 1.54) is 0 Å². The molecule has 0 spiro atoms. The number of nitrogens with one attached hydrogen (secondary N) is 1. The molecule has 0 saturated carbocycles. The molecular weight excluding hydrogens is 138 g/mol. The van der Waals surface area contributed by atoms with Crippen molar-refractivity contribution in [3.05, 3.63) is 11.8 Å². The first-order valence-corrected chi connectivity index (χ1v) is 2.54. The van der Waals surface area contributed by atoms with Crippen LogP contribution < -0.4 is 5.32 Å². The second-order valence-corrected chi connectivity index (χ2v) is 1.81. The fourth-order valence-electron chi connectivity index (χ4n) is 0.605. The van der Waals surface area contributed by atoms with Crippen molar-refractivity contribution in [1.29, 1.82) is 0 Å². The highest BCUT2D eigenvalue weighted by molar-refractivity contribution is 6.04. The van der Waals surface area contributed by atoms with Crippen LogP contribution in [0.15, 0.2) is 11.8 Å². The van der Waals surface area contributed by atoms with Gasteiger partial charge >= 0.3 is 5.97 Å². The van der Waals surface area contributed by atoms with Crippen LogP contribution in [0.25, 0.3) is 0 Å². The molecule has 5 heteroatoms. The predicted octanol–water partition coefficient (Wildman–Crippen LogP) is -1.55. The van der Waals surface area contributed by atoms with Crippen molar-refractivity contribution in [3.8, 4) is 0 Å². The minimum absolute atomic E-state index is 0.266. The molecule has 1 aliphatic heterocycles. The van der Waals surface area contributed by atoms with Crippen molar-refractivity contribution in [3.63, 3.8) is 0 Å². The van der Waals surface area contributed by atoms with Crippen LogP contribution in [0.3, 0.4) is 0 Å². The van der Waals surface area contributed by atoms with Crippen molar-refractivity contribution in [1.82, 2.24) is 5.32 Å². The van der Waals surface area contributed by atoms with Crippen molar-refractivity contribution < 1.29 is 19.8 Å². The van der Waals surface area contributed by atoms with Crippen LogP contribution in [0.4, 0.5) is 0 Å². The Balaban J connectivity index is 2.77. The number of rotatable bonds is 1. The monoisotopic (exact) mass is 143 g/mol. The maximum absolute atomic E-state index is 10.4. The molecule has 0 aliphatic carbocycles. The van der Waals surface area contributed by atoms with Gasteiger partial charge in [0.05, 0.1) is 0 Å². The number of carbonyl (C=O) groups is 2. The van der Waals surface area contributed by atoms with E-state index in [1.54, 1.807) is 0 Å². The third-order valence-electron chi connectivity index (χ3n) is 1.08. The summed E-state index contributed by atoms with van der Waals surface area (Å²) in [5.41, 5.74) is -0.266. The van der Waals surface area contributed by atoms with Gasteiger partial charge in [0.25, 0.3) is 0 Å². The van der Waals surface area contributed by atoms with Gasteiger partial charge in [-0.05, 0) is 0 Å². The Bertz CT molecular complexity index is 220. The first-order valence-electron chi connectivity index (χ1n) is 2.54. The van der Waals surface area contributed by atoms with Gasteiger partial charge in [-0.15, -0.1) is 0 Å². The van der Waals surface area contributed by atoms with Crippen molar-refractivity contribution in [2.24, 2.45) is 0 Å². The molecule has 1 aliphatic rings. The van der Waals surface area contributed by atoms with Crippen molar-refractivity contribution in [2.75, 3.05) is 0 Å². The summed E-state index contributed by atoms with van der Waals surface area (Å²) < 4.78 is 0. The van der Waals surface area contributed by atoms with E-state index in [9.17, 15) is 9.59 Å². The highest BCUT2D eigenvalue weighted by Gasteiger charge is 2.25. The molecule has 0 aromatic heterocycles. The van der Waals surface area contributed by atoms with Crippen LogP contribution in [0.1, 0.15) is 0 Å². The van der Waals surface area contributed by atoms with E-state index in [4.69, 9.17) is 10.2 Å². The predicted molar refractivity (Wildman–Crippen MR) is 29.9 cm³/mol. The van der Waals surface area contributed by atoms with Gasteiger partial charge in [0.1, 0.15) is 5.70 Å². The number of hydrogen-bond acceptors (Lipinski definition) is 4. The molecule has 10 heavy (non-hydrogen) atoms. The van der Waals surface area contributed by atoms with Crippen LogP contribution in [-0.2, 0) is 9.59 Å². The minimum Gasteiger partial charge on any atom is -0.477 e. The molecule has 0 bridgehead atoms. The van der Waals surface area contributed by atoms with E-state index in [-0.39, 0.29) is 5.70 Å². The lowest BCUT2D eigenvalue weighted by molar-refractivity contribution is -0.133. The third kappa shape index (κ3) is 0.985. The summed E-state index contributed by atoms with van der Waals surface area (Å²) in [5.74, 6) is -1.87. The fraction of sp³-hybridized carbons (Fsp3) is 0.200. The Morgan fingerprint density at radius 3 is 2.50 bits per heavy atom. The zero-order valence-corrected chi connectivity index (χ0v) is 4.87. The summed E-state index contributed by atoms with van der Waals surface area (Å²) in [6, 6.07) is 0. The van der Waals surface area contributed by atoms with E-state index >= 15 is 0 Å². The highest BCUT2D eigenvalue weighted by Crippen LogP contribution is 2.02. The summed E-state index contributed by atoms with van der Waals surface area (Å²) in [5, 5.41) is 19.0. The molecule has 1 heterocycles. The Morgan fingerprint density at radius 2 is 2.30 bits per heavy atom. The van der Waals surface area contributed by atoms with Crippen molar-refractivity contribution >= 4 is 11.8 Å². The van der Waals surface area contributed by atoms with Gasteiger partial charge in [-0.2, -0.15) is 0 Å². The van der Waals surface area contributed by atoms with E-state index in [0.717, 1.165) is 6.08 Å². The maximum Gasteiger partial charge on any atom is 0.352 e. The topological polar surface area (TPSA) is 86.6 Å². The lowest BCUT2D eigenvalue weighted by atomic mass is 10.4. The lowest BCUT2D eigenvalue weighted by Gasteiger charge is -2.00. The Kier molecular flexibility index (Phi) is 1.42. The summed E-state index contributed by atoms with van der Waals surface area (Å²) in [7, 11) is 0. The fourth-order valence-corrected chi connectivity index (χ4v) is 0.605. The van der Waals surface area contributed by atoms with Crippen LogP contribution in [0, 0.1) is 0 Å². The molecule has 3 N–H and O–H groups in total. The molecule has 0 amide bonds. The molecule has 0 aromatic carbocycles. The zero-order chi connectivity index (χ0) is 7.72. The van der Waals surface area contributed by atoms with Gasteiger partial charge in [-0.1, -0.05) is 0 Å². The summed E-state index contributed by atoms with van der Waals surface area (Å²) in [6.07, 6.45) is -0.529. The normalized spacial score (nSPS) is 23.9. The number of hydrogen-bond donors (Lipinski definition) is 3. The van der Waals surface area contributed by atoms with Crippen LogP contribution in [-0.4, -0.2) is 28.2 Å².